The molecule has 0 aliphatic heterocycles. The standard InChI is InChI=1S/C28H20O14/c1-11(29)34-16-6-18(36-13(3)31)24-20(8-16)40-27-23(39-24)10-22(38-15(5)33)26-28(27)42-25-19(37-14(4)32)7-17(35-12(2)30)9-21(25)41-26/h6-10H,1-5H3. The molecule has 216 valence electrons. The Balaban J connectivity index is 1.90. The molecule has 0 bridgehead atoms. The Hall–Kier alpha value is -5.79. The predicted molar refractivity (Wildman–Crippen MR) is 140 cm³/mol. The van der Waals surface area contributed by atoms with Crippen molar-refractivity contribution in [3.63, 3.8) is 0 Å². The summed E-state index contributed by atoms with van der Waals surface area (Å²) in [6.07, 6.45) is 0. The number of benzene rings is 3. The van der Waals surface area contributed by atoms with Gasteiger partial charge in [0.2, 0.25) is 27.9 Å². The highest BCUT2D eigenvalue weighted by Gasteiger charge is 2.24. The van der Waals surface area contributed by atoms with Gasteiger partial charge in [-0.3, -0.25) is 24.0 Å². The molecular formula is C28H20O14. The monoisotopic (exact) mass is 580 g/mol. The summed E-state index contributed by atoms with van der Waals surface area (Å²) in [6, 6.07) is 6.37. The van der Waals surface area contributed by atoms with Gasteiger partial charge in [-0.1, -0.05) is 0 Å². The molecule has 0 unspecified atom stereocenters. The lowest BCUT2D eigenvalue weighted by Crippen LogP contribution is -2.05. The molecule has 0 amide bonds. The van der Waals surface area contributed by atoms with E-state index in [0.717, 1.165) is 20.8 Å². The lowest BCUT2D eigenvalue weighted by Gasteiger charge is -2.13. The van der Waals surface area contributed by atoms with Crippen molar-refractivity contribution in [2.45, 2.75) is 34.6 Å². The van der Waals surface area contributed by atoms with E-state index in [4.69, 9.17) is 41.4 Å². The van der Waals surface area contributed by atoms with Crippen LogP contribution in [-0.4, -0.2) is 29.8 Å². The second-order valence-corrected chi connectivity index (χ2v) is 8.73. The van der Waals surface area contributed by atoms with Gasteiger partial charge in [0.15, 0.2) is 34.0 Å². The van der Waals surface area contributed by atoms with Crippen LogP contribution in [0.1, 0.15) is 34.6 Å². The Morgan fingerprint density at radius 3 is 1.21 bits per heavy atom. The van der Waals surface area contributed by atoms with Gasteiger partial charge < -0.3 is 41.4 Å². The summed E-state index contributed by atoms with van der Waals surface area (Å²) in [6.45, 7) is 5.83. The molecular weight excluding hydrogens is 560 g/mol. The number of esters is 5. The number of hydrogen-bond donors (Lipinski definition) is 0. The normalized spacial score (nSPS) is 11.0. The Morgan fingerprint density at radius 1 is 0.405 bits per heavy atom. The zero-order valence-corrected chi connectivity index (χ0v) is 22.6. The first-order chi connectivity index (χ1) is 19.9. The minimum Gasteiger partial charge on any atom is -0.445 e. The number of carbonyl (C=O) groups excluding carboxylic acids is 5. The second kappa shape index (κ2) is 10.6. The largest absolute Gasteiger partial charge is 0.445 e. The van der Waals surface area contributed by atoms with Crippen molar-refractivity contribution in [1.29, 1.82) is 0 Å². The van der Waals surface area contributed by atoms with Gasteiger partial charge in [-0.05, 0) is 0 Å². The van der Waals surface area contributed by atoms with Crippen molar-refractivity contribution in [2.75, 3.05) is 0 Å². The number of ether oxygens (including phenoxy) is 5. The average molecular weight is 580 g/mol. The molecule has 0 atom stereocenters. The van der Waals surface area contributed by atoms with Crippen LogP contribution >= 0.6 is 0 Å². The molecule has 2 aromatic heterocycles. The first-order valence-corrected chi connectivity index (χ1v) is 12.1. The maximum atomic E-state index is 12.0. The van der Waals surface area contributed by atoms with Crippen molar-refractivity contribution in [1.82, 2.24) is 0 Å². The zero-order chi connectivity index (χ0) is 30.3. The van der Waals surface area contributed by atoms with Crippen LogP contribution in [0.4, 0.5) is 0 Å². The topological polar surface area (TPSA) is 184 Å². The molecule has 0 aliphatic rings. The van der Waals surface area contributed by atoms with E-state index in [9.17, 15) is 24.0 Å². The molecule has 5 aromatic rings. The van der Waals surface area contributed by atoms with Crippen molar-refractivity contribution < 1.29 is 65.3 Å². The second-order valence-electron chi connectivity index (χ2n) is 8.73. The summed E-state index contributed by atoms with van der Waals surface area (Å²) in [5, 5.41) is 0. The molecule has 14 nitrogen and oxygen atoms in total. The van der Waals surface area contributed by atoms with Crippen molar-refractivity contribution in [2.24, 2.45) is 0 Å². The highest BCUT2D eigenvalue weighted by Crippen LogP contribution is 2.43. The van der Waals surface area contributed by atoms with Gasteiger partial charge in [0.1, 0.15) is 11.5 Å². The summed E-state index contributed by atoms with van der Waals surface area (Å²) < 4.78 is 50.2. The molecule has 2 heterocycles. The van der Waals surface area contributed by atoms with Gasteiger partial charge in [0.05, 0.1) is 0 Å². The van der Waals surface area contributed by atoms with Crippen LogP contribution in [-0.2, 0) is 24.0 Å². The Bertz CT molecular complexity index is 2010. The third-order valence-electron chi connectivity index (χ3n) is 5.24. The molecule has 0 aliphatic carbocycles. The maximum absolute atomic E-state index is 12.0. The van der Waals surface area contributed by atoms with Crippen LogP contribution in [0.25, 0.3) is 44.7 Å². The fourth-order valence-electron chi connectivity index (χ4n) is 3.97. The van der Waals surface area contributed by atoms with Crippen LogP contribution in [0.3, 0.4) is 0 Å². The van der Waals surface area contributed by atoms with E-state index in [1.54, 1.807) is 0 Å². The van der Waals surface area contributed by atoms with Gasteiger partial charge in [0, 0.05) is 65.0 Å². The zero-order valence-electron chi connectivity index (χ0n) is 22.6. The third kappa shape index (κ3) is 5.58. The number of rotatable bonds is 5. The van der Waals surface area contributed by atoms with Gasteiger partial charge in [0.25, 0.3) is 0 Å². The van der Waals surface area contributed by atoms with Crippen LogP contribution in [0.2, 0.25) is 0 Å². The van der Waals surface area contributed by atoms with Crippen LogP contribution in [0.5, 0.6) is 28.7 Å². The molecule has 0 N–H and O–H groups in total. The van der Waals surface area contributed by atoms with Crippen LogP contribution in [0.15, 0.2) is 48.0 Å². The Kier molecular flexibility index (Phi) is 7.04. The van der Waals surface area contributed by atoms with Crippen molar-refractivity contribution in [3.8, 4) is 28.7 Å². The highest BCUT2D eigenvalue weighted by molar-refractivity contribution is 6.03. The van der Waals surface area contributed by atoms with Crippen molar-refractivity contribution >= 4 is 74.5 Å². The minimum atomic E-state index is -0.718. The lowest BCUT2D eigenvalue weighted by molar-refractivity contribution is -0.133. The maximum Gasteiger partial charge on any atom is 0.308 e. The third-order valence-corrected chi connectivity index (χ3v) is 5.24. The molecule has 0 fully saturated rings. The highest BCUT2D eigenvalue weighted by atomic mass is 16.6. The molecule has 5 rings (SSSR count). The lowest BCUT2D eigenvalue weighted by atomic mass is 10.2. The fourth-order valence-corrected chi connectivity index (χ4v) is 3.97. The molecule has 0 saturated heterocycles. The van der Waals surface area contributed by atoms with Crippen LogP contribution < -0.4 is 23.7 Å². The molecule has 3 aromatic carbocycles. The molecule has 0 saturated carbocycles. The first kappa shape index (κ1) is 27.8. The summed E-state index contributed by atoms with van der Waals surface area (Å²) in [4.78, 5) is 58.7. The summed E-state index contributed by atoms with van der Waals surface area (Å²) in [5.41, 5.74) is -0.729. The van der Waals surface area contributed by atoms with Gasteiger partial charge in [-0.2, -0.15) is 0 Å². The minimum absolute atomic E-state index is 0.0207. The summed E-state index contributed by atoms with van der Waals surface area (Å²) in [5.74, 6) is -3.94. The summed E-state index contributed by atoms with van der Waals surface area (Å²) >= 11 is 0. The molecule has 0 spiro atoms. The first-order valence-electron chi connectivity index (χ1n) is 12.1. The fraction of sp³-hybridized carbons (Fsp3) is 0.179. The SMILES string of the molecule is CC(=O)Oc1cc(OC(C)=O)c2oc3cc(OC(C)=O)c4oc5cc(OC(C)=O)cc(OC(C)=O)c5oc4c3oc2c1. The Morgan fingerprint density at radius 2 is 0.762 bits per heavy atom. The summed E-state index contributed by atoms with van der Waals surface area (Å²) in [7, 11) is 0. The van der Waals surface area contributed by atoms with E-state index < -0.39 is 29.8 Å². The van der Waals surface area contributed by atoms with Gasteiger partial charge in [-0.25, -0.2) is 0 Å². The smallest absolute Gasteiger partial charge is 0.308 e. The predicted octanol–water partition coefficient (Wildman–Crippen LogP) is 5.42. The Labute approximate surface area is 233 Å². The van der Waals surface area contributed by atoms with E-state index in [2.05, 4.69) is 0 Å². The van der Waals surface area contributed by atoms with E-state index >= 15 is 0 Å². The molecule has 0 radical (unpaired) electrons. The number of hydrogen-bond acceptors (Lipinski definition) is 14. The molecule has 14 heteroatoms. The van der Waals surface area contributed by atoms with E-state index in [1.807, 2.05) is 0 Å². The van der Waals surface area contributed by atoms with E-state index in [-0.39, 0.29) is 73.4 Å². The van der Waals surface area contributed by atoms with Crippen LogP contribution in [0, 0.1) is 0 Å². The van der Waals surface area contributed by atoms with Gasteiger partial charge in [-0.15, -0.1) is 0 Å². The van der Waals surface area contributed by atoms with E-state index in [0.29, 0.717) is 0 Å². The quantitative estimate of drug-likeness (QED) is 0.111. The van der Waals surface area contributed by atoms with Gasteiger partial charge >= 0.3 is 29.8 Å². The number of carbonyl (C=O) groups is 5. The van der Waals surface area contributed by atoms with Crippen molar-refractivity contribution in [3.05, 3.63) is 30.3 Å². The van der Waals surface area contributed by atoms with E-state index in [1.165, 1.54) is 44.2 Å². The number of fused-ring (bicyclic) bond motifs is 5. The molecule has 42 heavy (non-hydrogen) atoms. The average Bonchev–Trinajstić information content (AvgIpc) is 2.85.